The second-order valence-corrected chi connectivity index (χ2v) is 4.45. The first-order chi connectivity index (χ1) is 6.87. The van der Waals surface area contributed by atoms with E-state index in [0.717, 1.165) is 11.5 Å². The molecule has 0 aliphatic carbocycles. The highest BCUT2D eigenvalue weighted by Gasteiger charge is 2.20. The van der Waals surface area contributed by atoms with Crippen molar-refractivity contribution in [2.24, 2.45) is 7.05 Å². The maximum Gasteiger partial charge on any atom is 0.148 e. The third-order valence-corrected chi connectivity index (χ3v) is 2.46. The highest BCUT2D eigenvalue weighted by atomic mass is 16.3. The standard InChI is InChI=1S/C10H20N4O/c1-7-8(11)9(14(4)13-7)12-10(2,3)5-6-15/h12,15H,5-6,11H2,1-4H3. The maximum atomic E-state index is 8.93. The van der Waals surface area contributed by atoms with Gasteiger partial charge in [-0.15, -0.1) is 0 Å². The summed E-state index contributed by atoms with van der Waals surface area (Å²) in [7, 11) is 1.85. The molecule has 0 saturated carbocycles. The molecule has 0 unspecified atom stereocenters. The molecule has 0 amide bonds. The maximum absolute atomic E-state index is 8.93. The van der Waals surface area contributed by atoms with Gasteiger partial charge in [-0.2, -0.15) is 5.10 Å². The van der Waals surface area contributed by atoms with Crippen LogP contribution in [0.4, 0.5) is 11.5 Å². The van der Waals surface area contributed by atoms with Crippen LogP contribution < -0.4 is 11.1 Å². The van der Waals surface area contributed by atoms with Crippen LogP contribution in [0.5, 0.6) is 0 Å². The molecular formula is C10H20N4O. The van der Waals surface area contributed by atoms with Gasteiger partial charge in [-0.25, -0.2) is 0 Å². The van der Waals surface area contributed by atoms with Gasteiger partial charge in [-0.05, 0) is 27.2 Å². The zero-order chi connectivity index (χ0) is 11.6. The van der Waals surface area contributed by atoms with Gasteiger partial charge in [0.05, 0.1) is 11.4 Å². The molecule has 1 aromatic heterocycles. The number of aliphatic hydroxyl groups excluding tert-OH is 1. The van der Waals surface area contributed by atoms with Gasteiger partial charge in [0.1, 0.15) is 5.82 Å². The van der Waals surface area contributed by atoms with Crippen molar-refractivity contribution < 1.29 is 5.11 Å². The number of aryl methyl sites for hydroxylation is 2. The van der Waals surface area contributed by atoms with E-state index in [0.29, 0.717) is 12.1 Å². The topological polar surface area (TPSA) is 76.1 Å². The SMILES string of the molecule is Cc1nn(C)c(NC(C)(C)CCO)c1N. The lowest BCUT2D eigenvalue weighted by atomic mass is 10.0. The molecule has 0 spiro atoms. The first-order valence-corrected chi connectivity index (χ1v) is 5.05. The van der Waals surface area contributed by atoms with E-state index in [4.69, 9.17) is 10.8 Å². The molecule has 5 heteroatoms. The fourth-order valence-electron chi connectivity index (χ4n) is 1.49. The third-order valence-electron chi connectivity index (χ3n) is 2.46. The number of rotatable bonds is 4. The minimum absolute atomic E-state index is 0.150. The molecule has 5 nitrogen and oxygen atoms in total. The van der Waals surface area contributed by atoms with Crippen LogP contribution in [0.2, 0.25) is 0 Å². The van der Waals surface area contributed by atoms with Crippen molar-refractivity contribution in [3.8, 4) is 0 Å². The Labute approximate surface area is 90.3 Å². The lowest BCUT2D eigenvalue weighted by Crippen LogP contribution is -2.33. The average molecular weight is 212 g/mol. The van der Waals surface area contributed by atoms with Crippen molar-refractivity contribution in [2.45, 2.75) is 32.7 Å². The van der Waals surface area contributed by atoms with Gasteiger partial charge in [0.2, 0.25) is 0 Å². The first kappa shape index (κ1) is 11.8. The van der Waals surface area contributed by atoms with Gasteiger partial charge in [-0.3, -0.25) is 4.68 Å². The normalized spacial score (nSPS) is 11.8. The molecule has 0 aliphatic rings. The molecule has 0 fully saturated rings. The highest BCUT2D eigenvalue weighted by Crippen LogP contribution is 2.25. The van der Waals surface area contributed by atoms with Gasteiger partial charge < -0.3 is 16.2 Å². The third kappa shape index (κ3) is 2.62. The molecule has 0 radical (unpaired) electrons. The summed E-state index contributed by atoms with van der Waals surface area (Å²) in [5.74, 6) is 0.811. The molecule has 4 N–H and O–H groups in total. The van der Waals surface area contributed by atoms with E-state index in [-0.39, 0.29) is 12.1 Å². The van der Waals surface area contributed by atoms with Crippen LogP contribution in [0.3, 0.4) is 0 Å². The molecule has 1 heterocycles. The van der Waals surface area contributed by atoms with Gasteiger partial charge in [-0.1, -0.05) is 0 Å². The summed E-state index contributed by atoms with van der Waals surface area (Å²) < 4.78 is 1.73. The van der Waals surface area contributed by atoms with E-state index in [9.17, 15) is 0 Å². The molecule has 0 aromatic carbocycles. The van der Waals surface area contributed by atoms with E-state index in [1.54, 1.807) is 4.68 Å². The van der Waals surface area contributed by atoms with Crippen molar-refractivity contribution in [1.29, 1.82) is 0 Å². The van der Waals surface area contributed by atoms with Crippen LogP contribution in [0, 0.1) is 6.92 Å². The molecule has 0 saturated heterocycles. The Kier molecular flexibility index (Phi) is 3.24. The smallest absolute Gasteiger partial charge is 0.148 e. The Morgan fingerprint density at radius 3 is 2.53 bits per heavy atom. The van der Waals surface area contributed by atoms with Crippen molar-refractivity contribution in [3.05, 3.63) is 5.69 Å². The molecule has 1 aromatic rings. The number of aromatic nitrogens is 2. The first-order valence-electron chi connectivity index (χ1n) is 5.05. The molecule has 0 aliphatic heterocycles. The largest absolute Gasteiger partial charge is 0.396 e. The van der Waals surface area contributed by atoms with E-state index in [1.165, 1.54) is 0 Å². The number of nitrogens with two attached hydrogens (primary N) is 1. The van der Waals surface area contributed by atoms with Crippen LogP contribution in [0.15, 0.2) is 0 Å². The second-order valence-electron chi connectivity index (χ2n) is 4.45. The van der Waals surface area contributed by atoms with E-state index in [1.807, 2.05) is 27.8 Å². The van der Waals surface area contributed by atoms with Gasteiger partial charge >= 0.3 is 0 Å². The minimum atomic E-state index is -0.191. The van der Waals surface area contributed by atoms with E-state index >= 15 is 0 Å². The lowest BCUT2D eigenvalue weighted by Gasteiger charge is -2.26. The van der Waals surface area contributed by atoms with Crippen LogP contribution >= 0.6 is 0 Å². The molecule has 0 bridgehead atoms. The minimum Gasteiger partial charge on any atom is -0.396 e. The Morgan fingerprint density at radius 2 is 2.13 bits per heavy atom. The van der Waals surface area contributed by atoms with Crippen LogP contribution in [-0.4, -0.2) is 27.0 Å². The number of nitrogen functional groups attached to an aromatic ring is 1. The van der Waals surface area contributed by atoms with Crippen molar-refractivity contribution >= 4 is 11.5 Å². The Morgan fingerprint density at radius 1 is 1.53 bits per heavy atom. The highest BCUT2D eigenvalue weighted by molar-refractivity contribution is 5.65. The van der Waals surface area contributed by atoms with Gasteiger partial charge in [0, 0.05) is 19.2 Å². The summed E-state index contributed by atoms with van der Waals surface area (Å²) in [6.07, 6.45) is 0.663. The molecule has 15 heavy (non-hydrogen) atoms. The second kappa shape index (κ2) is 4.10. The van der Waals surface area contributed by atoms with Crippen molar-refractivity contribution in [1.82, 2.24) is 9.78 Å². The number of anilines is 2. The van der Waals surface area contributed by atoms with Gasteiger partial charge in [0.15, 0.2) is 0 Å². The molecule has 1 rings (SSSR count). The number of nitrogens with one attached hydrogen (secondary N) is 1. The van der Waals surface area contributed by atoms with Crippen molar-refractivity contribution in [2.75, 3.05) is 17.7 Å². The Bertz CT molecular complexity index is 343. The quantitative estimate of drug-likeness (QED) is 0.692. The zero-order valence-corrected chi connectivity index (χ0v) is 9.83. The Hall–Kier alpha value is -1.23. The number of aliphatic hydroxyl groups is 1. The lowest BCUT2D eigenvalue weighted by molar-refractivity contribution is 0.260. The van der Waals surface area contributed by atoms with Gasteiger partial charge in [0.25, 0.3) is 0 Å². The van der Waals surface area contributed by atoms with Crippen LogP contribution in [0.1, 0.15) is 26.0 Å². The molecule has 86 valence electrons. The molecule has 0 atom stereocenters. The summed E-state index contributed by atoms with van der Waals surface area (Å²) in [6, 6.07) is 0. The van der Waals surface area contributed by atoms with Crippen LogP contribution in [-0.2, 0) is 7.05 Å². The van der Waals surface area contributed by atoms with Crippen LogP contribution in [0.25, 0.3) is 0 Å². The predicted octanol–water partition coefficient (Wildman–Crippen LogP) is 0.884. The zero-order valence-electron chi connectivity index (χ0n) is 9.83. The Balaban J connectivity index is 2.89. The average Bonchev–Trinajstić information content (AvgIpc) is 2.32. The number of hydrogen-bond donors (Lipinski definition) is 3. The van der Waals surface area contributed by atoms with Crippen molar-refractivity contribution in [3.63, 3.8) is 0 Å². The summed E-state index contributed by atoms with van der Waals surface area (Å²) in [6.45, 7) is 6.06. The predicted molar refractivity (Wildman–Crippen MR) is 61.8 cm³/mol. The number of hydrogen-bond acceptors (Lipinski definition) is 4. The monoisotopic (exact) mass is 212 g/mol. The number of nitrogens with zero attached hydrogens (tertiary/aromatic N) is 2. The molecular weight excluding hydrogens is 192 g/mol. The van der Waals surface area contributed by atoms with E-state index in [2.05, 4.69) is 10.4 Å². The fraction of sp³-hybridized carbons (Fsp3) is 0.700. The summed E-state index contributed by atoms with van der Waals surface area (Å²) in [5, 5.41) is 16.4. The fourth-order valence-corrected chi connectivity index (χ4v) is 1.49. The summed E-state index contributed by atoms with van der Waals surface area (Å²) in [4.78, 5) is 0. The summed E-state index contributed by atoms with van der Waals surface area (Å²) >= 11 is 0. The van der Waals surface area contributed by atoms with E-state index < -0.39 is 0 Å². The summed E-state index contributed by atoms with van der Waals surface area (Å²) in [5.41, 5.74) is 7.20.